The lowest BCUT2D eigenvalue weighted by atomic mass is 10.2. The van der Waals surface area contributed by atoms with Gasteiger partial charge in [0.2, 0.25) is 5.91 Å². The maximum absolute atomic E-state index is 13.2. The minimum Gasteiger partial charge on any atom is -0.506 e. The van der Waals surface area contributed by atoms with Crippen LogP contribution in [0.4, 0.5) is 10.1 Å². The molecule has 3 nitrogen and oxygen atoms in total. The van der Waals surface area contributed by atoms with E-state index in [1.54, 1.807) is 0 Å². The Morgan fingerprint density at radius 3 is 2.87 bits per heavy atom. The van der Waals surface area contributed by atoms with Gasteiger partial charge in [0.1, 0.15) is 11.6 Å². The highest BCUT2D eigenvalue weighted by atomic mass is 35.5. The maximum atomic E-state index is 13.2. The first-order valence-corrected chi connectivity index (χ1v) is 4.90. The lowest BCUT2D eigenvalue weighted by Crippen LogP contribution is -2.11. The summed E-state index contributed by atoms with van der Waals surface area (Å²) < 4.78 is 13.2. The van der Waals surface area contributed by atoms with Gasteiger partial charge in [-0.3, -0.25) is 4.79 Å². The Labute approximate surface area is 91.9 Å². The van der Waals surface area contributed by atoms with Crippen molar-refractivity contribution in [3.05, 3.63) is 23.0 Å². The minimum atomic E-state index is -0.707. The molecule has 0 aliphatic rings. The number of hydrogen-bond acceptors (Lipinski definition) is 2. The number of benzene rings is 1. The minimum absolute atomic E-state index is 0.00296. The van der Waals surface area contributed by atoms with Gasteiger partial charge in [-0.15, -0.1) is 0 Å². The number of hydrogen-bond donors (Lipinski definition) is 2. The molecule has 2 N–H and O–H groups in total. The predicted octanol–water partition coefficient (Wildman–Crippen LogP) is 2.92. The summed E-state index contributed by atoms with van der Waals surface area (Å²) in [4.78, 5) is 11.2. The van der Waals surface area contributed by atoms with Gasteiger partial charge in [-0.05, 0) is 12.5 Å². The fourth-order valence-corrected chi connectivity index (χ4v) is 1.24. The number of carbonyl (C=O) groups is 1. The van der Waals surface area contributed by atoms with Crippen LogP contribution in [0.2, 0.25) is 5.02 Å². The quantitative estimate of drug-likeness (QED) is 0.786. The summed E-state index contributed by atoms with van der Waals surface area (Å²) >= 11 is 5.58. The van der Waals surface area contributed by atoms with E-state index in [4.69, 9.17) is 16.7 Å². The van der Waals surface area contributed by atoms with Crippen LogP contribution < -0.4 is 5.32 Å². The smallest absolute Gasteiger partial charge is 0.224 e. The molecule has 0 aliphatic heterocycles. The third-order valence-corrected chi connectivity index (χ3v) is 2.09. The zero-order valence-electron chi connectivity index (χ0n) is 8.18. The Hall–Kier alpha value is -1.29. The van der Waals surface area contributed by atoms with Gasteiger partial charge in [-0.1, -0.05) is 18.5 Å². The number of aromatic hydroxyl groups is 1. The zero-order valence-corrected chi connectivity index (χ0v) is 8.94. The number of halogens is 2. The van der Waals surface area contributed by atoms with Crippen molar-refractivity contribution in [3.8, 4) is 5.75 Å². The first kappa shape index (κ1) is 11.8. The van der Waals surface area contributed by atoms with E-state index >= 15 is 0 Å². The molecule has 0 saturated carbocycles. The lowest BCUT2D eigenvalue weighted by molar-refractivity contribution is -0.116. The monoisotopic (exact) mass is 231 g/mol. The van der Waals surface area contributed by atoms with Crippen LogP contribution in [-0.2, 0) is 4.79 Å². The number of carbonyl (C=O) groups excluding carboxylic acids is 1. The van der Waals surface area contributed by atoms with Crippen molar-refractivity contribution in [1.82, 2.24) is 0 Å². The van der Waals surface area contributed by atoms with E-state index in [-0.39, 0.29) is 22.4 Å². The Bertz CT molecular complexity index is 382. The van der Waals surface area contributed by atoms with Gasteiger partial charge in [-0.25, -0.2) is 4.39 Å². The number of amides is 1. The summed E-state index contributed by atoms with van der Waals surface area (Å²) in [5.41, 5.74) is -0.0174. The molecule has 0 unspecified atom stereocenters. The Kier molecular flexibility index (Phi) is 3.91. The van der Waals surface area contributed by atoms with Crippen LogP contribution in [-0.4, -0.2) is 11.0 Å². The summed E-state index contributed by atoms with van der Waals surface area (Å²) in [6.45, 7) is 1.85. The number of phenols is 1. The van der Waals surface area contributed by atoms with Crippen molar-refractivity contribution in [2.24, 2.45) is 0 Å². The molecule has 0 saturated heterocycles. The number of nitrogens with one attached hydrogen (secondary N) is 1. The summed E-state index contributed by atoms with van der Waals surface area (Å²) in [6.07, 6.45) is 0.997. The first-order chi connectivity index (χ1) is 7.04. The van der Waals surface area contributed by atoms with Crippen LogP contribution in [0.5, 0.6) is 5.75 Å². The second kappa shape index (κ2) is 4.98. The molecular formula is C10H11ClFNO2. The molecule has 0 bridgehead atoms. The van der Waals surface area contributed by atoms with Crippen molar-refractivity contribution >= 4 is 23.2 Å². The normalized spacial score (nSPS) is 10.1. The van der Waals surface area contributed by atoms with Crippen molar-refractivity contribution in [2.75, 3.05) is 5.32 Å². The summed E-state index contributed by atoms with van der Waals surface area (Å²) in [7, 11) is 0. The molecule has 0 heterocycles. The van der Waals surface area contributed by atoms with Crippen LogP contribution in [0, 0.1) is 5.82 Å². The molecule has 0 spiro atoms. The van der Waals surface area contributed by atoms with E-state index in [0.29, 0.717) is 12.8 Å². The van der Waals surface area contributed by atoms with Crippen LogP contribution in [0.15, 0.2) is 12.1 Å². The maximum Gasteiger partial charge on any atom is 0.224 e. The lowest BCUT2D eigenvalue weighted by Gasteiger charge is -2.07. The molecule has 1 amide bonds. The number of phenolic OH excluding ortho intramolecular Hbond substituents is 1. The summed E-state index contributed by atoms with van der Waals surface area (Å²) in [5, 5.41) is 11.5. The molecule has 0 aromatic heterocycles. The first-order valence-electron chi connectivity index (χ1n) is 4.52. The Morgan fingerprint density at radius 2 is 2.27 bits per heavy atom. The molecule has 0 aliphatic carbocycles. The van der Waals surface area contributed by atoms with Gasteiger partial charge < -0.3 is 10.4 Å². The van der Waals surface area contributed by atoms with Crippen LogP contribution >= 0.6 is 11.6 Å². The number of rotatable bonds is 3. The van der Waals surface area contributed by atoms with Crippen LogP contribution in [0.25, 0.3) is 0 Å². The second-order valence-corrected chi connectivity index (χ2v) is 3.49. The Balaban J connectivity index is 2.86. The van der Waals surface area contributed by atoms with E-state index in [2.05, 4.69) is 5.32 Å². The topological polar surface area (TPSA) is 49.3 Å². The predicted molar refractivity (Wildman–Crippen MR) is 56.6 cm³/mol. The molecule has 1 aromatic carbocycles. The standard InChI is InChI=1S/C10H11ClFNO2/c1-2-3-10(15)13-8-4-6(11)9(14)5-7(8)12/h4-5,14H,2-3H2,1H3,(H,13,15). The third kappa shape index (κ3) is 3.09. The number of anilines is 1. The fraction of sp³-hybridized carbons (Fsp3) is 0.300. The highest BCUT2D eigenvalue weighted by Crippen LogP contribution is 2.29. The van der Waals surface area contributed by atoms with Crippen molar-refractivity contribution < 1.29 is 14.3 Å². The van der Waals surface area contributed by atoms with Crippen LogP contribution in [0.1, 0.15) is 19.8 Å². The van der Waals surface area contributed by atoms with Gasteiger partial charge in [0.05, 0.1) is 10.7 Å². The molecule has 0 atom stereocenters. The highest BCUT2D eigenvalue weighted by molar-refractivity contribution is 6.32. The van der Waals surface area contributed by atoms with Gasteiger partial charge in [0.25, 0.3) is 0 Å². The SMILES string of the molecule is CCCC(=O)Nc1cc(Cl)c(O)cc1F. The van der Waals surface area contributed by atoms with Gasteiger partial charge in [0, 0.05) is 12.5 Å². The molecule has 15 heavy (non-hydrogen) atoms. The van der Waals surface area contributed by atoms with Crippen LogP contribution in [0.3, 0.4) is 0 Å². The van der Waals surface area contributed by atoms with Gasteiger partial charge in [0.15, 0.2) is 0 Å². The van der Waals surface area contributed by atoms with Crippen molar-refractivity contribution in [1.29, 1.82) is 0 Å². The molecule has 0 fully saturated rings. The molecule has 1 rings (SSSR count). The largest absolute Gasteiger partial charge is 0.506 e. The summed E-state index contributed by atoms with van der Waals surface area (Å²) in [5.74, 6) is -1.33. The van der Waals surface area contributed by atoms with E-state index in [0.717, 1.165) is 6.07 Å². The third-order valence-electron chi connectivity index (χ3n) is 1.79. The summed E-state index contributed by atoms with van der Waals surface area (Å²) in [6, 6.07) is 2.05. The molecule has 82 valence electrons. The van der Waals surface area contributed by atoms with Gasteiger partial charge >= 0.3 is 0 Å². The van der Waals surface area contributed by atoms with E-state index in [1.807, 2.05) is 6.92 Å². The molecular weight excluding hydrogens is 221 g/mol. The van der Waals surface area contributed by atoms with E-state index < -0.39 is 5.82 Å². The molecule has 5 heteroatoms. The fourth-order valence-electron chi connectivity index (χ4n) is 1.07. The molecule has 0 radical (unpaired) electrons. The van der Waals surface area contributed by atoms with Crippen molar-refractivity contribution in [2.45, 2.75) is 19.8 Å². The van der Waals surface area contributed by atoms with Gasteiger partial charge in [-0.2, -0.15) is 0 Å². The average molecular weight is 232 g/mol. The van der Waals surface area contributed by atoms with E-state index in [1.165, 1.54) is 6.07 Å². The molecule has 1 aromatic rings. The highest BCUT2D eigenvalue weighted by Gasteiger charge is 2.10. The zero-order chi connectivity index (χ0) is 11.4. The van der Waals surface area contributed by atoms with E-state index in [9.17, 15) is 9.18 Å². The van der Waals surface area contributed by atoms with Crippen molar-refractivity contribution in [3.63, 3.8) is 0 Å². The Morgan fingerprint density at radius 1 is 1.60 bits per heavy atom. The second-order valence-electron chi connectivity index (χ2n) is 3.08. The average Bonchev–Trinajstić information content (AvgIpc) is 2.14.